The monoisotopic (exact) mass is 399 g/mol. The van der Waals surface area contributed by atoms with Crippen LogP contribution in [0, 0.1) is 0 Å². The van der Waals surface area contributed by atoms with Crippen molar-refractivity contribution in [2.24, 2.45) is 0 Å². The molecule has 0 radical (unpaired) electrons. The molecule has 1 saturated heterocycles. The van der Waals surface area contributed by atoms with E-state index in [1.165, 1.54) is 4.90 Å². The van der Waals surface area contributed by atoms with E-state index < -0.39 is 17.9 Å². The molecule has 2 heterocycles. The van der Waals surface area contributed by atoms with E-state index in [2.05, 4.69) is 10.5 Å². The number of hydrogen-bond acceptors (Lipinski definition) is 5. The Labute approximate surface area is 168 Å². The number of nitrogens with zero attached hydrogens (tertiary/aromatic N) is 2. The standard InChI is InChI=1S/C21H25N3O5/c1-21(2,3)17-12-15(23-29-17)18(25)22-14-8-6-7-13(11-14)19(26)24-10-5-4-9-16(24)20(27)28/h6-8,11-12,16H,4-5,9-10H2,1-3H3,(H,22,25)(H,27,28). The average molecular weight is 399 g/mol. The SMILES string of the molecule is CC(C)(C)c1cc(C(=O)Nc2cccc(C(=O)N3CCCCC3C(=O)O)c2)no1. The van der Waals surface area contributed by atoms with Crippen LogP contribution in [0.4, 0.5) is 5.69 Å². The molecule has 1 aromatic heterocycles. The van der Waals surface area contributed by atoms with E-state index in [1.807, 2.05) is 20.8 Å². The van der Waals surface area contributed by atoms with E-state index in [9.17, 15) is 19.5 Å². The molecule has 1 atom stereocenters. The first kappa shape index (κ1) is 20.6. The molecule has 8 nitrogen and oxygen atoms in total. The van der Waals surface area contributed by atoms with Crippen LogP contribution in [0.1, 0.15) is 66.6 Å². The minimum atomic E-state index is -0.997. The van der Waals surface area contributed by atoms with Gasteiger partial charge in [-0.3, -0.25) is 9.59 Å². The predicted molar refractivity (Wildman–Crippen MR) is 106 cm³/mol. The molecular formula is C21H25N3O5. The highest BCUT2D eigenvalue weighted by Gasteiger charge is 2.32. The summed E-state index contributed by atoms with van der Waals surface area (Å²) in [7, 11) is 0. The van der Waals surface area contributed by atoms with Gasteiger partial charge in [0.2, 0.25) is 0 Å². The van der Waals surface area contributed by atoms with Crippen molar-refractivity contribution in [3.63, 3.8) is 0 Å². The van der Waals surface area contributed by atoms with E-state index in [1.54, 1.807) is 30.3 Å². The van der Waals surface area contributed by atoms with Crippen LogP contribution in [0.15, 0.2) is 34.9 Å². The molecular weight excluding hydrogens is 374 g/mol. The first-order valence-corrected chi connectivity index (χ1v) is 9.59. The van der Waals surface area contributed by atoms with Gasteiger partial charge in [0.25, 0.3) is 11.8 Å². The number of carboxylic acid groups (broad SMARTS) is 1. The molecule has 2 N–H and O–H groups in total. The second-order valence-corrected chi connectivity index (χ2v) is 8.21. The largest absolute Gasteiger partial charge is 0.480 e. The summed E-state index contributed by atoms with van der Waals surface area (Å²) in [6, 6.07) is 7.23. The lowest BCUT2D eigenvalue weighted by Gasteiger charge is -2.33. The zero-order valence-corrected chi connectivity index (χ0v) is 16.8. The minimum Gasteiger partial charge on any atom is -0.480 e. The van der Waals surface area contributed by atoms with E-state index in [0.29, 0.717) is 30.0 Å². The smallest absolute Gasteiger partial charge is 0.326 e. The number of anilines is 1. The number of carboxylic acids is 1. The number of amides is 2. The van der Waals surface area contributed by atoms with Crippen LogP contribution in [0.2, 0.25) is 0 Å². The number of aromatic nitrogens is 1. The summed E-state index contributed by atoms with van der Waals surface area (Å²) in [4.78, 5) is 38.2. The van der Waals surface area contributed by atoms with Gasteiger partial charge in [0.1, 0.15) is 11.8 Å². The lowest BCUT2D eigenvalue weighted by atomic mass is 9.93. The molecule has 154 valence electrons. The zero-order valence-electron chi connectivity index (χ0n) is 16.8. The lowest BCUT2D eigenvalue weighted by Crippen LogP contribution is -2.48. The normalized spacial score (nSPS) is 17.1. The van der Waals surface area contributed by atoms with Gasteiger partial charge < -0.3 is 19.8 Å². The van der Waals surface area contributed by atoms with Gasteiger partial charge in [-0.2, -0.15) is 0 Å². The van der Waals surface area contributed by atoms with Crippen molar-refractivity contribution in [1.82, 2.24) is 10.1 Å². The van der Waals surface area contributed by atoms with Crippen LogP contribution < -0.4 is 5.32 Å². The van der Waals surface area contributed by atoms with Crippen molar-refractivity contribution in [3.05, 3.63) is 47.3 Å². The van der Waals surface area contributed by atoms with E-state index in [0.717, 1.165) is 12.8 Å². The Kier molecular flexibility index (Phi) is 5.72. The fourth-order valence-electron chi connectivity index (χ4n) is 3.26. The summed E-state index contributed by atoms with van der Waals surface area (Å²) in [5, 5.41) is 15.9. The molecule has 0 saturated carbocycles. The third-order valence-corrected chi connectivity index (χ3v) is 4.90. The molecule has 8 heteroatoms. The average Bonchev–Trinajstić information content (AvgIpc) is 3.18. The first-order chi connectivity index (χ1) is 13.7. The van der Waals surface area contributed by atoms with Gasteiger partial charge in [-0.1, -0.05) is 32.0 Å². The molecule has 1 fully saturated rings. The summed E-state index contributed by atoms with van der Waals surface area (Å²) >= 11 is 0. The molecule has 0 aliphatic carbocycles. The molecule has 2 aromatic rings. The van der Waals surface area contributed by atoms with Gasteiger partial charge in [-0.25, -0.2) is 4.79 Å². The third-order valence-electron chi connectivity index (χ3n) is 4.90. The van der Waals surface area contributed by atoms with E-state index >= 15 is 0 Å². The number of likely N-dealkylation sites (tertiary alicyclic amines) is 1. The molecule has 0 spiro atoms. The molecule has 1 unspecified atom stereocenters. The van der Waals surface area contributed by atoms with Crippen LogP contribution >= 0.6 is 0 Å². The topological polar surface area (TPSA) is 113 Å². The summed E-state index contributed by atoms with van der Waals surface area (Å²) in [6.45, 7) is 6.26. The Bertz CT molecular complexity index is 928. The van der Waals surface area contributed by atoms with Crippen LogP contribution in [0.25, 0.3) is 0 Å². The van der Waals surface area contributed by atoms with Crippen molar-refractivity contribution in [3.8, 4) is 0 Å². The molecule has 1 aromatic carbocycles. The maximum Gasteiger partial charge on any atom is 0.326 e. The third kappa shape index (κ3) is 4.64. The maximum absolute atomic E-state index is 12.9. The van der Waals surface area contributed by atoms with Gasteiger partial charge >= 0.3 is 5.97 Å². The van der Waals surface area contributed by atoms with Crippen molar-refractivity contribution < 1.29 is 24.0 Å². The minimum absolute atomic E-state index is 0.147. The van der Waals surface area contributed by atoms with E-state index in [4.69, 9.17) is 4.52 Å². The molecule has 1 aliphatic rings. The van der Waals surface area contributed by atoms with Crippen molar-refractivity contribution in [1.29, 1.82) is 0 Å². The second-order valence-electron chi connectivity index (χ2n) is 8.21. The molecule has 1 aliphatic heterocycles. The van der Waals surface area contributed by atoms with Crippen LogP contribution in [-0.2, 0) is 10.2 Å². The van der Waals surface area contributed by atoms with Gasteiger partial charge in [0, 0.05) is 29.3 Å². The summed E-state index contributed by atoms with van der Waals surface area (Å²) < 4.78 is 5.24. The Morgan fingerprint density at radius 3 is 2.62 bits per heavy atom. The van der Waals surface area contributed by atoms with Crippen LogP contribution in [-0.4, -0.2) is 45.5 Å². The number of aliphatic carboxylic acids is 1. The fraction of sp³-hybridized carbons (Fsp3) is 0.429. The molecule has 0 bridgehead atoms. The fourth-order valence-corrected chi connectivity index (χ4v) is 3.26. The second kappa shape index (κ2) is 8.06. The number of piperidine rings is 1. The van der Waals surface area contributed by atoms with Gasteiger partial charge in [0.15, 0.2) is 5.69 Å². The highest BCUT2D eigenvalue weighted by molar-refractivity contribution is 6.04. The lowest BCUT2D eigenvalue weighted by molar-refractivity contribution is -0.143. The molecule has 29 heavy (non-hydrogen) atoms. The number of benzene rings is 1. The van der Waals surface area contributed by atoms with E-state index in [-0.39, 0.29) is 17.0 Å². The highest BCUT2D eigenvalue weighted by atomic mass is 16.5. The molecule has 3 rings (SSSR count). The van der Waals surface area contributed by atoms with Crippen LogP contribution in [0.5, 0.6) is 0 Å². The van der Waals surface area contributed by atoms with Crippen molar-refractivity contribution >= 4 is 23.5 Å². The van der Waals surface area contributed by atoms with Gasteiger partial charge in [-0.05, 0) is 37.5 Å². The Balaban J connectivity index is 1.75. The van der Waals surface area contributed by atoms with Crippen LogP contribution in [0.3, 0.4) is 0 Å². The van der Waals surface area contributed by atoms with Crippen molar-refractivity contribution in [2.75, 3.05) is 11.9 Å². The number of hydrogen-bond donors (Lipinski definition) is 2. The Morgan fingerprint density at radius 2 is 1.97 bits per heavy atom. The predicted octanol–water partition coefficient (Wildman–Crippen LogP) is 3.30. The first-order valence-electron chi connectivity index (χ1n) is 9.59. The number of rotatable bonds is 4. The van der Waals surface area contributed by atoms with Gasteiger partial charge in [-0.15, -0.1) is 0 Å². The number of carbonyl (C=O) groups excluding carboxylic acids is 2. The zero-order chi connectivity index (χ0) is 21.2. The van der Waals surface area contributed by atoms with Gasteiger partial charge in [0.05, 0.1) is 0 Å². The number of nitrogens with one attached hydrogen (secondary N) is 1. The molecule has 2 amide bonds. The summed E-state index contributed by atoms with van der Waals surface area (Å²) in [5.41, 5.74) is 0.623. The quantitative estimate of drug-likeness (QED) is 0.816. The van der Waals surface area contributed by atoms with Crippen molar-refractivity contribution in [2.45, 2.75) is 51.5 Å². The number of carbonyl (C=O) groups is 3. The summed E-state index contributed by atoms with van der Waals surface area (Å²) in [5.74, 6) is -1.21. The summed E-state index contributed by atoms with van der Waals surface area (Å²) in [6.07, 6.45) is 2.00. The highest BCUT2D eigenvalue weighted by Crippen LogP contribution is 2.24. The Morgan fingerprint density at radius 1 is 1.21 bits per heavy atom. The maximum atomic E-state index is 12.9. The Hall–Kier alpha value is -3.16.